The van der Waals surface area contributed by atoms with Crippen LogP contribution in [0.15, 0.2) is 36.4 Å². The first-order valence-electron chi connectivity index (χ1n) is 5.81. The quantitative estimate of drug-likeness (QED) is 0.869. The molecule has 0 aliphatic heterocycles. The fourth-order valence-electron chi connectivity index (χ4n) is 1.84. The summed E-state index contributed by atoms with van der Waals surface area (Å²) in [6.45, 7) is 4.70. The second-order valence-corrected chi connectivity index (χ2v) is 4.42. The van der Waals surface area contributed by atoms with Crippen LogP contribution in [0.2, 0.25) is 0 Å². The fraction of sp³-hybridized carbons (Fsp3) is 0.267. The van der Waals surface area contributed by atoms with Gasteiger partial charge in [0.2, 0.25) is 0 Å². The third-order valence-corrected chi connectivity index (χ3v) is 2.87. The molecule has 0 aliphatic rings. The van der Waals surface area contributed by atoms with E-state index in [2.05, 4.69) is 54.7 Å². The minimum Gasteiger partial charge on any atom is -0.298 e. The molecule has 1 N–H and O–H groups in total. The lowest BCUT2D eigenvalue weighted by Gasteiger charge is -2.07. The van der Waals surface area contributed by atoms with Crippen LogP contribution in [0.5, 0.6) is 0 Å². The van der Waals surface area contributed by atoms with Crippen molar-refractivity contribution in [2.45, 2.75) is 26.4 Å². The van der Waals surface area contributed by atoms with Crippen LogP contribution in [-0.2, 0) is 6.54 Å². The topological polar surface area (TPSA) is 35.8 Å². The van der Waals surface area contributed by atoms with Gasteiger partial charge in [0, 0.05) is 6.54 Å². The van der Waals surface area contributed by atoms with E-state index in [-0.39, 0.29) is 6.04 Å². The largest absolute Gasteiger partial charge is 0.298 e. The average molecular weight is 224 g/mol. The summed E-state index contributed by atoms with van der Waals surface area (Å²) in [4.78, 5) is 0. The molecule has 86 valence electrons. The first kappa shape index (κ1) is 11.6. The van der Waals surface area contributed by atoms with Gasteiger partial charge in [-0.3, -0.25) is 5.32 Å². The van der Waals surface area contributed by atoms with E-state index in [0.717, 1.165) is 6.54 Å². The molecule has 2 rings (SSSR count). The van der Waals surface area contributed by atoms with Gasteiger partial charge in [0.25, 0.3) is 0 Å². The Morgan fingerprint density at radius 3 is 2.65 bits per heavy atom. The highest BCUT2D eigenvalue weighted by atomic mass is 14.9. The maximum atomic E-state index is 8.70. The summed E-state index contributed by atoms with van der Waals surface area (Å²) < 4.78 is 0. The van der Waals surface area contributed by atoms with E-state index in [9.17, 15) is 0 Å². The first-order chi connectivity index (χ1) is 8.19. The van der Waals surface area contributed by atoms with Gasteiger partial charge >= 0.3 is 0 Å². The van der Waals surface area contributed by atoms with Crippen molar-refractivity contribution in [3.63, 3.8) is 0 Å². The molecule has 0 bridgehead atoms. The predicted octanol–water partition coefficient (Wildman–Crippen LogP) is 3.15. The number of hydrogen-bond acceptors (Lipinski definition) is 2. The van der Waals surface area contributed by atoms with Gasteiger partial charge in [-0.1, -0.05) is 35.9 Å². The van der Waals surface area contributed by atoms with Gasteiger partial charge in [0.1, 0.15) is 0 Å². The van der Waals surface area contributed by atoms with Crippen LogP contribution >= 0.6 is 0 Å². The molecule has 0 spiro atoms. The Morgan fingerprint density at radius 2 is 1.88 bits per heavy atom. The van der Waals surface area contributed by atoms with E-state index < -0.39 is 0 Å². The van der Waals surface area contributed by atoms with Crippen molar-refractivity contribution in [3.05, 3.63) is 47.5 Å². The summed E-state index contributed by atoms with van der Waals surface area (Å²) in [7, 11) is 0. The van der Waals surface area contributed by atoms with Crippen molar-refractivity contribution in [1.82, 2.24) is 5.32 Å². The SMILES string of the molecule is Cc1ccc2cc(CNC(C)C#N)ccc2c1. The lowest BCUT2D eigenvalue weighted by Crippen LogP contribution is -2.23. The molecule has 0 aliphatic carbocycles. The average Bonchev–Trinajstić information content (AvgIpc) is 2.35. The second-order valence-electron chi connectivity index (χ2n) is 4.42. The number of nitriles is 1. The van der Waals surface area contributed by atoms with Crippen LogP contribution in [-0.4, -0.2) is 6.04 Å². The summed E-state index contributed by atoms with van der Waals surface area (Å²) >= 11 is 0. The molecule has 2 aromatic rings. The van der Waals surface area contributed by atoms with Crippen LogP contribution < -0.4 is 5.32 Å². The zero-order valence-corrected chi connectivity index (χ0v) is 10.2. The Kier molecular flexibility index (Phi) is 3.41. The highest BCUT2D eigenvalue weighted by Gasteiger charge is 2.00. The molecular weight excluding hydrogens is 208 g/mol. The molecule has 17 heavy (non-hydrogen) atoms. The van der Waals surface area contributed by atoms with Gasteiger partial charge in [-0.2, -0.15) is 5.26 Å². The number of aryl methyl sites for hydroxylation is 1. The van der Waals surface area contributed by atoms with Gasteiger partial charge in [0.15, 0.2) is 0 Å². The molecule has 0 fully saturated rings. The lowest BCUT2D eigenvalue weighted by molar-refractivity contribution is 0.643. The van der Waals surface area contributed by atoms with Crippen LogP contribution in [0.4, 0.5) is 0 Å². The highest BCUT2D eigenvalue weighted by Crippen LogP contribution is 2.17. The minimum atomic E-state index is -0.108. The molecule has 1 unspecified atom stereocenters. The third-order valence-electron chi connectivity index (χ3n) is 2.87. The minimum absolute atomic E-state index is 0.108. The summed E-state index contributed by atoms with van der Waals surface area (Å²) in [6, 6.07) is 14.9. The van der Waals surface area contributed by atoms with E-state index in [1.165, 1.54) is 21.9 Å². The Balaban J connectivity index is 2.21. The van der Waals surface area contributed by atoms with Crippen molar-refractivity contribution in [2.24, 2.45) is 0 Å². The molecule has 0 radical (unpaired) electrons. The molecule has 0 aromatic heterocycles. The summed E-state index contributed by atoms with van der Waals surface area (Å²) in [5, 5.41) is 14.4. The predicted molar refractivity (Wildman–Crippen MR) is 70.6 cm³/mol. The molecule has 2 nitrogen and oxygen atoms in total. The summed E-state index contributed by atoms with van der Waals surface area (Å²) in [6.07, 6.45) is 0. The Bertz CT molecular complexity index is 567. The van der Waals surface area contributed by atoms with Crippen LogP contribution in [0.1, 0.15) is 18.1 Å². The van der Waals surface area contributed by atoms with Crippen molar-refractivity contribution in [3.8, 4) is 6.07 Å². The fourth-order valence-corrected chi connectivity index (χ4v) is 1.84. The van der Waals surface area contributed by atoms with Crippen molar-refractivity contribution in [1.29, 1.82) is 5.26 Å². The molecule has 1 atom stereocenters. The number of rotatable bonds is 3. The number of hydrogen-bond donors (Lipinski definition) is 1. The maximum absolute atomic E-state index is 8.70. The first-order valence-corrected chi connectivity index (χ1v) is 5.81. The van der Waals surface area contributed by atoms with Gasteiger partial charge < -0.3 is 0 Å². The third kappa shape index (κ3) is 2.83. The van der Waals surface area contributed by atoms with Crippen LogP contribution in [0, 0.1) is 18.3 Å². The molecular formula is C15H16N2. The van der Waals surface area contributed by atoms with Crippen molar-refractivity contribution in [2.75, 3.05) is 0 Å². The monoisotopic (exact) mass is 224 g/mol. The van der Waals surface area contributed by atoms with E-state index in [1.54, 1.807) is 0 Å². The number of fused-ring (bicyclic) bond motifs is 1. The van der Waals surface area contributed by atoms with E-state index >= 15 is 0 Å². The highest BCUT2D eigenvalue weighted by molar-refractivity contribution is 5.83. The number of nitrogens with zero attached hydrogens (tertiary/aromatic N) is 1. The van der Waals surface area contributed by atoms with Gasteiger partial charge in [-0.15, -0.1) is 0 Å². The zero-order chi connectivity index (χ0) is 12.3. The van der Waals surface area contributed by atoms with E-state index in [0.29, 0.717) is 0 Å². The smallest absolute Gasteiger partial charge is 0.0927 e. The summed E-state index contributed by atoms with van der Waals surface area (Å²) in [5.41, 5.74) is 2.49. The lowest BCUT2D eigenvalue weighted by atomic mass is 10.0. The Morgan fingerprint density at radius 1 is 1.18 bits per heavy atom. The van der Waals surface area contributed by atoms with Crippen molar-refractivity contribution < 1.29 is 0 Å². The molecule has 0 heterocycles. The molecule has 2 aromatic carbocycles. The zero-order valence-electron chi connectivity index (χ0n) is 10.2. The molecule has 0 saturated carbocycles. The normalized spacial score (nSPS) is 12.3. The number of nitrogens with one attached hydrogen (secondary N) is 1. The van der Waals surface area contributed by atoms with E-state index in [1.807, 2.05) is 6.92 Å². The molecule has 0 saturated heterocycles. The van der Waals surface area contributed by atoms with Gasteiger partial charge in [-0.25, -0.2) is 0 Å². The van der Waals surface area contributed by atoms with Gasteiger partial charge in [0.05, 0.1) is 12.1 Å². The summed E-state index contributed by atoms with van der Waals surface area (Å²) in [5.74, 6) is 0. The maximum Gasteiger partial charge on any atom is 0.0927 e. The Labute approximate surface area is 102 Å². The van der Waals surface area contributed by atoms with Gasteiger partial charge in [-0.05, 0) is 36.2 Å². The standard InChI is InChI=1S/C15H16N2/c1-11-3-5-15-8-13(4-6-14(15)7-11)10-17-12(2)9-16/h3-8,12,17H,10H2,1-2H3. The number of benzene rings is 2. The van der Waals surface area contributed by atoms with Crippen LogP contribution in [0.3, 0.4) is 0 Å². The van der Waals surface area contributed by atoms with E-state index in [4.69, 9.17) is 5.26 Å². The second kappa shape index (κ2) is 4.99. The Hall–Kier alpha value is -1.85. The van der Waals surface area contributed by atoms with Crippen molar-refractivity contribution >= 4 is 10.8 Å². The van der Waals surface area contributed by atoms with Crippen LogP contribution in [0.25, 0.3) is 10.8 Å². The molecule has 0 amide bonds. The molecule has 2 heteroatoms.